The SMILES string of the molecule is Cc1cc2cc(N=C(/N=C\C3CCCCN(CC(=O)NCCc4ccc(Br)cc4)C3=O)NC#N)ccc2o1. The molecule has 10 heteroatoms. The second-order valence-electron chi connectivity index (χ2n) is 9.12. The number of rotatable bonds is 7. The van der Waals surface area contributed by atoms with E-state index >= 15 is 0 Å². The van der Waals surface area contributed by atoms with Crippen LogP contribution in [0.25, 0.3) is 11.0 Å². The van der Waals surface area contributed by atoms with E-state index in [-0.39, 0.29) is 24.3 Å². The van der Waals surface area contributed by atoms with Crippen LogP contribution in [0.1, 0.15) is 30.6 Å². The molecule has 196 valence electrons. The number of likely N-dealkylation sites (tertiary alicyclic amines) is 1. The summed E-state index contributed by atoms with van der Waals surface area (Å²) < 4.78 is 6.60. The van der Waals surface area contributed by atoms with Crippen molar-refractivity contribution >= 4 is 56.6 Å². The van der Waals surface area contributed by atoms with Crippen LogP contribution in [-0.2, 0) is 16.0 Å². The van der Waals surface area contributed by atoms with E-state index in [1.165, 1.54) is 6.21 Å². The van der Waals surface area contributed by atoms with Gasteiger partial charge in [0.15, 0.2) is 6.19 Å². The van der Waals surface area contributed by atoms with Gasteiger partial charge in [-0.1, -0.05) is 34.5 Å². The zero-order valence-electron chi connectivity index (χ0n) is 21.1. The van der Waals surface area contributed by atoms with Gasteiger partial charge >= 0.3 is 0 Å². The van der Waals surface area contributed by atoms with Gasteiger partial charge in [0.2, 0.25) is 17.8 Å². The number of fused-ring (bicyclic) bond motifs is 1. The summed E-state index contributed by atoms with van der Waals surface area (Å²) in [6.07, 6.45) is 6.34. The van der Waals surface area contributed by atoms with Crippen LogP contribution in [0.15, 0.2) is 67.4 Å². The molecule has 0 radical (unpaired) electrons. The summed E-state index contributed by atoms with van der Waals surface area (Å²) in [5.74, 6) is 0.0376. The van der Waals surface area contributed by atoms with Crippen molar-refractivity contribution in [3.8, 4) is 6.19 Å². The maximum Gasteiger partial charge on any atom is 0.239 e. The number of furan rings is 1. The fraction of sp³-hybridized carbons (Fsp3) is 0.321. The van der Waals surface area contributed by atoms with Gasteiger partial charge in [0, 0.05) is 29.2 Å². The first kappa shape index (κ1) is 27.1. The molecule has 0 aliphatic carbocycles. The number of nitrogens with one attached hydrogen (secondary N) is 2. The lowest BCUT2D eigenvalue weighted by Crippen LogP contribution is -2.43. The summed E-state index contributed by atoms with van der Waals surface area (Å²) >= 11 is 3.41. The third kappa shape index (κ3) is 7.52. The number of aliphatic imine (C=N–C) groups is 2. The lowest BCUT2D eigenvalue weighted by atomic mass is 10.0. The number of hydrogen-bond acceptors (Lipinski definition) is 5. The topological polar surface area (TPSA) is 123 Å². The molecule has 2 N–H and O–H groups in total. The summed E-state index contributed by atoms with van der Waals surface area (Å²) in [5, 5.41) is 15.5. The largest absolute Gasteiger partial charge is 0.461 e. The maximum atomic E-state index is 13.2. The van der Waals surface area contributed by atoms with E-state index < -0.39 is 5.92 Å². The molecule has 1 aliphatic rings. The highest BCUT2D eigenvalue weighted by molar-refractivity contribution is 9.10. The van der Waals surface area contributed by atoms with Crippen LogP contribution in [0, 0.1) is 24.3 Å². The Morgan fingerprint density at radius 3 is 2.84 bits per heavy atom. The molecule has 2 aromatic carbocycles. The number of amides is 2. The first-order valence-corrected chi connectivity index (χ1v) is 13.3. The van der Waals surface area contributed by atoms with Crippen molar-refractivity contribution in [3.05, 3.63) is 64.3 Å². The average molecular weight is 577 g/mol. The van der Waals surface area contributed by atoms with Gasteiger partial charge < -0.3 is 14.6 Å². The van der Waals surface area contributed by atoms with Gasteiger partial charge in [-0.25, -0.2) is 9.98 Å². The number of aryl methyl sites for hydroxylation is 1. The van der Waals surface area contributed by atoms with Gasteiger partial charge in [0.1, 0.15) is 11.3 Å². The number of carbonyl (C=O) groups is 2. The zero-order valence-corrected chi connectivity index (χ0v) is 22.7. The Morgan fingerprint density at radius 2 is 2.05 bits per heavy atom. The van der Waals surface area contributed by atoms with Crippen molar-refractivity contribution in [2.75, 3.05) is 19.6 Å². The number of hydrogen-bond donors (Lipinski definition) is 2. The van der Waals surface area contributed by atoms with Gasteiger partial charge in [-0.05, 0) is 68.1 Å². The first-order chi connectivity index (χ1) is 18.4. The number of carbonyl (C=O) groups excluding carboxylic acids is 2. The van der Waals surface area contributed by atoms with Crippen molar-refractivity contribution in [3.63, 3.8) is 0 Å². The molecule has 1 aliphatic heterocycles. The van der Waals surface area contributed by atoms with Crippen molar-refractivity contribution < 1.29 is 14.0 Å². The van der Waals surface area contributed by atoms with Gasteiger partial charge in [-0.3, -0.25) is 14.9 Å². The van der Waals surface area contributed by atoms with E-state index in [1.54, 1.807) is 11.0 Å². The Bertz CT molecular complexity index is 1390. The molecule has 0 saturated carbocycles. The highest BCUT2D eigenvalue weighted by Crippen LogP contribution is 2.24. The predicted octanol–water partition coefficient (Wildman–Crippen LogP) is 4.62. The van der Waals surface area contributed by atoms with E-state index in [0.717, 1.165) is 39.6 Å². The fourth-order valence-electron chi connectivity index (χ4n) is 4.31. The highest BCUT2D eigenvalue weighted by atomic mass is 79.9. The van der Waals surface area contributed by atoms with Gasteiger partial charge in [-0.2, -0.15) is 5.26 Å². The van der Waals surface area contributed by atoms with Crippen LogP contribution < -0.4 is 10.6 Å². The van der Waals surface area contributed by atoms with Gasteiger partial charge in [-0.15, -0.1) is 0 Å². The molecule has 0 spiro atoms. The van der Waals surface area contributed by atoms with Crippen LogP contribution in [0.5, 0.6) is 0 Å². The fourth-order valence-corrected chi connectivity index (χ4v) is 4.58. The first-order valence-electron chi connectivity index (χ1n) is 12.5. The number of guanidine groups is 1. The molecule has 1 saturated heterocycles. The molecule has 1 fully saturated rings. The molecule has 38 heavy (non-hydrogen) atoms. The third-order valence-electron chi connectivity index (χ3n) is 6.21. The molecule has 1 aromatic heterocycles. The molecular formula is C28H29BrN6O3. The van der Waals surface area contributed by atoms with E-state index in [0.29, 0.717) is 31.6 Å². The molecule has 0 bridgehead atoms. The minimum absolute atomic E-state index is 0.00499. The molecule has 1 atom stereocenters. The molecule has 9 nitrogen and oxygen atoms in total. The lowest BCUT2D eigenvalue weighted by Gasteiger charge is -2.22. The van der Waals surface area contributed by atoms with Crippen LogP contribution in [0.2, 0.25) is 0 Å². The smallest absolute Gasteiger partial charge is 0.239 e. The Balaban J connectivity index is 1.37. The summed E-state index contributed by atoms with van der Waals surface area (Å²) in [5.41, 5.74) is 2.47. The van der Waals surface area contributed by atoms with Crippen molar-refractivity contribution in [2.24, 2.45) is 15.9 Å². The summed E-state index contributed by atoms with van der Waals surface area (Å²) in [6.45, 7) is 2.89. The van der Waals surface area contributed by atoms with Gasteiger partial charge in [0.25, 0.3) is 0 Å². The summed E-state index contributed by atoms with van der Waals surface area (Å²) in [4.78, 5) is 36.1. The Labute approximate surface area is 229 Å². The van der Waals surface area contributed by atoms with Gasteiger partial charge in [0.05, 0.1) is 18.2 Å². The maximum absolute atomic E-state index is 13.2. The second kappa shape index (κ2) is 13.0. The van der Waals surface area contributed by atoms with E-state index in [1.807, 2.05) is 55.6 Å². The zero-order chi connectivity index (χ0) is 26.9. The number of benzene rings is 2. The summed E-state index contributed by atoms with van der Waals surface area (Å²) in [6, 6.07) is 15.3. The molecule has 2 heterocycles. The average Bonchev–Trinajstić information content (AvgIpc) is 3.18. The van der Waals surface area contributed by atoms with Crippen LogP contribution in [-0.4, -0.2) is 48.5 Å². The Kier molecular flexibility index (Phi) is 9.27. The summed E-state index contributed by atoms with van der Waals surface area (Å²) in [7, 11) is 0. The van der Waals surface area contributed by atoms with Crippen LogP contribution >= 0.6 is 15.9 Å². The molecule has 1 unspecified atom stereocenters. The van der Waals surface area contributed by atoms with Crippen LogP contribution in [0.4, 0.5) is 5.69 Å². The monoisotopic (exact) mass is 576 g/mol. The molecule has 3 aromatic rings. The normalized spacial score (nSPS) is 16.4. The van der Waals surface area contributed by atoms with E-state index in [9.17, 15) is 9.59 Å². The molecular weight excluding hydrogens is 548 g/mol. The number of nitriles is 1. The minimum Gasteiger partial charge on any atom is -0.461 e. The van der Waals surface area contributed by atoms with Crippen molar-refractivity contribution in [2.45, 2.75) is 32.6 Å². The highest BCUT2D eigenvalue weighted by Gasteiger charge is 2.27. The quantitative estimate of drug-likeness (QED) is 0.184. The predicted molar refractivity (Wildman–Crippen MR) is 150 cm³/mol. The molecule has 4 rings (SSSR count). The second-order valence-corrected chi connectivity index (χ2v) is 10.0. The number of halogens is 1. The Hall–Kier alpha value is -3.97. The standard InChI is InChI=1S/C28H29BrN6O3/c1-19-14-22-15-24(9-10-25(22)38-19)34-28(33-18-30)32-16-21-4-2-3-13-35(27(21)37)17-26(36)31-12-11-20-5-7-23(29)8-6-20/h5-10,14-16,21H,2-4,11-13,17H2,1H3,(H,31,36)(H,33,34)/b32-16-. The third-order valence-corrected chi connectivity index (χ3v) is 6.74. The Morgan fingerprint density at radius 1 is 1.24 bits per heavy atom. The minimum atomic E-state index is -0.502. The molecule has 2 amide bonds. The van der Waals surface area contributed by atoms with Crippen LogP contribution in [0.3, 0.4) is 0 Å². The lowest BCUT2D eigenvalue weighted by molar-refractivity contribution is -0.137. The van der Waals surface area contributed by atoms with Crippen molar-refractivity contribution in [1.82, 2.24) is 15.5 Å². The van der Waals surface area contributed by atoms with E-state index in [4.69, 9.17) is 9.68 Å². The number of nitrogens with zero attached hydrogens (tertiary/aromatic N) is 4. The van der Waals surface area contributed by atoms with Crippen molar-refractivity contribution in [1.29, 1.82) is 5.26 Å². The van der Waals surface area contributed by atoms with E-state index in [2.05, 4.69) is 36.5 Å².